The zero-order valence-electron chi connectivity index (χ0n) is 35.9. The van der Waals surface area contributed by atoms with Crippen LogP contribution in [-0.4, -0.2) is 16.1 Å². The third-order valence-corrected chi connectivity index (χ3v) is 18.6. The van der Waals surface area contributed by atoms with Gasteiger partial charge in [-0.25, -0.2) is 0 Å². The predicted molar refractivity (Wildman–Crippen MR) is 271 cm³/mol. The normalized spacial score (nSPS) is 13.0. The van der Waals surface area contributed by atoms with E-state index in [0.29, 0.717) is 0 Å². The summed E-state index contributed by atoms with van der Waals surface area (Å²) in [6.45, 7) is 12.3. The van der Waals surface area contributed by atoms with Crippen molar-refractivity contribution in [3.8, 4) is 22.3 Å². The van der Waals surface area contributed by atoms with Crippen molar-refractivity contribution in [1.82, 2.24) is 0 Å². The average Bonchev–Trinajstić information content (AvgIpc) is 3.67. The number of benzene rings is 9. The van der Waals surface area contributed by atoms with E-state index in [1.807, 2.05) is 12.1 Å². The largest absolute Gasteiger partial charge is 0.456 e. The number of anilines is 6. The minimum atomic E-state index is -2.20. The van der Waals surface area contributed by atoms with Crippen LogP contribution >= 0.6 is 0 Å². The highest BCUT2D eigenvalue weighted by Gasteiger charge is 2.36. The van der Waals surface area contributed by atoms with E-state index in [0.717, 1.165) is 50.4 Å². The van der Waals surface area contributed by atoms with E-state index in [2.05, 4.69) is 231 Å². The maximum Gasteiger partial charge on any atom is 0.135 e. The molecule has 9 aromatic carbocycles. The molecule has 5 heteroatoms. The fourth-order valence-electron chi connectivity index (χ4n) is 9.77. The lowest BCUT2D eigenvalue weighted by atomic mass is 9.91. The Labute approximate surface area is 366 Å². The molecule has 10 aromatic rings. The summed E-state index contributed by atoms with van der Waals surface area (Å²) in [4.78, 5) is 4.77. The van der Waals surface area contributed by atoms with Gasteiger partial charge in [-0.05, 0) is 128 Å². The second-order valence-electron chi connectivity index (χ2n) is 18.2. The third-order valence-electron chi connectivity index (χ3n) is 13.0. The van der Waals surface area contributed by atoms with Crippen LogP contribution in [0.15, 0.2) is 205 Å². The number of nitrogens with zero attached hydrogens (tertiary/aromatic N) is 2. The van der Waals surface area contributed by atoms with E-state index in [1.54, 1.807) is 0 Å². The fraction of sp³-hybridized carbons (Fsp3) is 0.0877. The molecule has 0 atom stereocenters. The molecular weight excluding hydrogens is 785 g/mol. The molecule has 0 unspecified atom stereocenters. The Morgan fingerprint density at radius 2 is 0.903 bits per heavy atom. The second-order valence-corrected chi connectivity index (χ2v) is 27.6. The first-order chi connectivity index (χ1) is 30.1. The molecule has 2 heterocycles. The highest BCUT2D eigenvalue weighted by molar-refractivity contribution is 7.03. The SMILES string of the molecule is C[Si](C)(C)c1ccc(N(c2ccccc2)c2ccc(-c3ccc4c5c(cccc35)[Si](C)(C)c3cc(N(c5ccccc5)c5ccc6oc7ccccc7c6c5)ccc3-4)cc2)cc1. The lowest BCUT2D eigenvalue weighted by Gasteiger charge is -2.35. The number of furan rings is 1. The smallest absolute Gasteiger partial charge is 0.135 e. The first kappa shape index (κ1) is 38.0. The zero-order chi connectivity index (χ0) is 42.2. The Balaban J connectivity index is 0.995. The number of hydrogen-bond donors (Lipinski definition) is 0. The summed E-state index contributed by atoms with van der Waals surface area (Å²) < 4.78 is 6.24. The summed E-state index contributed by atoms with van der Waals surface area (Å²) in [5.74, 6) is 0. The third kappa shape index (κ3) is 6.31. The van der Waals surface area contributed by atoms with E-state index in [4.69, 9.17) is 4.42 Å². The van der Waals surface area contributed by atoms with Crippen molar-refractivity contribution in [2.75, 3.05) is 9.80 Å². The van der Waals surface area contributed by atoms with E-state index < -0.39 is 16.1 Å². The fourth-order valence-corrected chi connectivity index (χ4v) is 14.0. The van der Waals surface area contributed by atoms with E-state index in [9.17, 15) is 0 Å². The van der Waals surface area contributed by atoms with Crippen LogP contribution < -0.4 is 25.4 Å². The van der Waals surface area contributed by atoms with Crippen LogP contribution in [0.1, 0.15) is 0 Å². The summed E-state index contributed by atoms with van der Waals surface area (Å²) in [6, 6.07) is 73.7. The van der Waals surface area contributed by atoms with Crippen molar-refractivity contribution in [2.45, 2.75) is 32.7 Å². The molecule has 0 amide bonds. The van der Waals surface area contributed by atoms with Gasteiger partial charge in [0.05, 0.1) is 8.07 Å². The Hall–Kier alpha value is -6.93. The van der Waals surface area contributed by atoms with Crippen LogP contribution in [-0.2, 0) is 0 Å². The maximum atomic E-state index is 6.24. The molecule has 300 valence electrons. The van der Waals surface area contributed by atoms with Crippen LogP contribution in [0.2, 0.25) is 32.7 Å². The van der Waals surface area contributed by atoms with E-state index in [1.165, 1.54) is 54.3 Å². The minimum absolute atomic E-state index is 0.902. The molecule has 1 aromatic heterocycles. The van der Waals surface area contributed by atoms with Gasteiger partial charge >= 0.3 is 0 Å². The van der Waals surface area contributed by atoms with Gasteiger partial charge in [-0.2, -0.15) is 0 Å². The summed E-state index contributed by atoms with van der Waals surface area (Å²) in [6.07, 6.45) is 0. The molecule has 62 heavy (non-hydrogen) atoms. The van der Waals surface area contributed by atoms with Crippen LogP contribution in [0.25, 0.3) is 55.0 Å². The summed E-state index contributed by atoms with van der Waals surface area (Å²) in [7, 11) is -3.61. The molecule has 11 rings (SSSR count). The van der Waals surface area contributed by atoms with Crippen molar-refractivity contribution in [1.29, 1.82) is 0 Å². The molecule has 1 aliphatic rings. The lowest BCUT2D eigenvalue weighted by molar-refractivity contribution is 0.669. The molecule has 1 aliphatic heterocycles. The summed E-state index contributed by atoms with van der Waals surface area (Å²) in [5, 5.41) is 9.39. The van der Waals surface area contributed by atoms with Crippen molar-refractivity contribution >= 4 is 98.5 Å². The highest BCUT2D eigenvalue weighted by Crippen LogP contribution is 2.43. The molecule has 3 nitrogen and oxygen atoms in total. The molecule has 0 aliphatic carbocycles. The van der Waals surface area contributed by atoms with Gasteiger partial charge in [0, 0.05) is 44.9 Å². The van der Waals surface area contributed by atoms with Gasteiger partial charge in [0.2, 0.25) is 0 Å². The van der Waals surface area contributed by atoms with Crippen LogP contribution in [0, 0.1) is 0 Å². The predicted octanol–water partition coefficient (Wildman–Crippen LogP) is 14.7. The Morgan fingerprint density at radius 1 is 0.387 bits per heavy atom. The Kier molecular flexibility index (Phi) is 8.97. The van der Waals surface area contributed by atoms with E-state index >= 15 is 0 Å². The van der Waals surface area contributed by atoms with Gasteiger partial charge in [-0.3, -0.25) is 0 Å². The first-order valence-electron chi connectivity index (χ1n) is 21.7. The van der Waals surface area contributed by atoms with E-state index in [-0.39, 0.29) is 0 Å². The molecule has 0 bridgehead atoms. The summed E-state index contributed by atoms with van der Waals surface area (Å²) in [5.41, 5.74) is 13.8. The van der Waals surface area contributed by atoms with Gasteiger partial charge in [-0.15, -0.1) is 0 Å². The molecule has 0 spiro atoms. The average molecular weight is 833 g/mol. The van der Waals surface area contributed by atoms with Crippen molar-refractivity contribution in [2.24, 2.45) is 0 Å². The van der Waals surface area contributed by atoms with Gasteiger partial charge in [0.15, 0.2) is 0 Å². The molecule has 0 saturated heterocycles. The van der Waals surface area contributed by atoms with Gasteiger partial charge < -0.3 is 14.2 Å². The van der Waals surface area contributed by atoms with Gasteiger partial charge in [0.25, 0.3) is 0 Å². The maximum absolute atomic E-state index is 6.24. The quantitative estimate of drug-likeness (QED) is 0.142. The number of fused-ring (bicyclic) bond motifs is 5. The van der Waals surface area contributed by atoms with Gasteiger partial charge in [-0.1, -0.05) is 153 Å². The minimum Gasteiger partial charge on any atom is -0.456 e. The van der Waals surface area contributed by atoms with Crippen molar-refractivity contribution < 1.29 is 4.42 Å². The highest BCUT2D eigenvalue weighted by atomic mass is 28.3. The zero-order valence-corrected chi connectivity index (χ0v) is 37.9. The molecule has 0 fully saturated rings. The van der Waals surface area contributed by atoms with Crippen LogP contribution in [0.5, 0.6) is 0 Å². The molecule has 0 saturated carbocycles. The molecule has 0 radical (unpaired) electrons. The number of hydrogen-bond acceptors (Lipinski definition) is 3. The lowest BCUT2D eigenvalue weighted by Crippen LogP contribution is -2.56. The van der Waals surface area contributed by atoms with Gasteiger partial charge in [0.1, 0.15) is 19.2 Å². The second kappa shape index (κ2) is 14.6. The van der Waals surface area contributed by atoms with Crippen molar-refractivity contribution in [3.63, 3.8) is 0 Å². The molecule has 0 N–H and O–H groups in total. The Morgan fingerprint density at radius 3 is 1.60 bits per heavy atom. The van der Waals surface area contributed by atoms with Crippen molar-refractivity contribution in [3.05, 3.63) is 200 Å². The summed E-state index contributed by atoms with van der Waals surface area (Å²) >= 11 is 0. The first-order valence-corrected chi connectivity index (χ1v) is 28.2. The Bertz CT molecular complexity index is 3290. The standard InChI is InChI=1S/C57H48N2OSi2/c1-61(2,3)46-31-27-43(28-32-46)58(40-15-8-6-9-16-40)42-25-23-39(24-26-42)47-34-35-51-49-33-29-45(38-56(49)62(4,5)55-22-14-20-50(47)57(51)55)59(41-17-10-7-11-18-41)44-30-36-54-52(37-44)48-19-12-13-21-53(48)60-54/h6-38H,1-5H3. The number of rotatable bonds is 8. The molecular formula is C57H48N2OSi2. The monoisotopic (exact) mass is 832 g/mol. The van der Waals surface area contributed by atoms with Crippen LogP contribution in [0.3, 0.4) is 0 Å². The number of para-hydroxylation sites is 3. The topological polar surface area (TPSA) is 19.6 Å². The van der Waals surface area contributed by atoms with Crippen LogP contribution in [0.4, 0.5) is 34.1 Å².